The van der Waals surface area contributed by atoms with E-state index in [1.165, 1.54) is 14.8 Å². The summed E-state index contributed by atoms with van der Waals surface area (Å²) in [6.07, 6.45) is 2.01. The van der Waals surface area contributed by atoms with Gasteiger partial charge in [-0.05, 0) is 53.1 Å². The summed E-state index contributed by atoms with van der Waals surface area (Å²) in [5.74, 6) is 0.513. The van der Waals surface area contributed by atoms with Gasteiger partial charge in [0.15, 0.2) is 0 Å². The molecule has 0 aromatic heterocycles. The molecule has 7 heteroatoms. The number of rotatable bonds is 4. The first-order valence-electron chi connectivity index (χ1n) is 9.78. The molecule has 29 heavy (non-hydrogen) atoms. The zero-order valence-corrected chi connectivity index (χ0v) is 20.0. The number of anilines is 1. The molecule has 0 saturated carbocycles. The lowest BCUT2D eigenvalue weighted by Crippen LogP contribution is -2.47. The van der Waals surface area contributed by atoms with Crippen molar-refractivity contribution in [3.8, 4) is 0 Å². The van der Waals surface area contributed by atoms with E-state index in [4.69, 9.17) is 0 Å². The number of benzene rings is 2. The van der Waals surface area contributed by atoms with E-state index in [0.29, 0.717) is 0 Å². The predicted octanol–water partition coefficient (Wildman–Crippen LogP) is 4.22. The van der Waals surface area contributed by atoms with Crippen LogP contribution < -0.4 is 15.5 Å². The summed E-state index contributed by atoms with van der Waals surface area (Å²) in [6.45, 7) is 3.64. The minimum Gasteiger partial charge on any atom is -0.371 e. The Morgan fingerprint density at radius 2 is 1.62 bits per heavy atom. The first-order valence-corrected chi connectivity index (χ1v) is 10.9. The van der Waals surface area contributed by atoms with Crippen LogP contribution in [0.25, 0.3) is 0 Å². The van der Waals surface area contributed by atoms with Crippen LogP contribution in [-0.2, 0) is 4.79 Å². The average Bonchev–Trinajstić information content (AvgIpc) is 3.20. The van der Waals surface area contributed by atoms with E-state index in [1.54, 1.807) is 0 Å². The van der Waals surface area contributed by atoms with E-state index in [0.717, 1.165) is 39.0 Å². The maximum absolute atomic E-state index is 12.9. The Bertz CT molecular complexity index is 785. The molecule has 158 valence electrons. The molecule has 4 rings (SSSR count). The van der Waals surface area contributed by atoms with E-state index in [-0.39, 0.29) is 48.6 Å². The summed E-state index contributed by atoms with van der Waals surface area (Å²) < 4.78 is 1.29. The Balaban J connectivity index is 0.00000150. The number of carbonyl (C=O) groups is 1. The topological polar surface area (TPSA) is 44.4 Å². The Hall–Kier alpha value is -1.02. The van der Waals surface area contributed by atoms with Gasteiger partial charge in [-0.15, -0.1) is 24.8 Å². The summed E-state index contributed by atoms with van der Waals surface area (Å²) in [5.41, 5.74) is 2.57. The van der Waals surface area contributed by atoms with Gasteiger partial charge in [0.1, 0.15) is 0 Å². The molecule has 2 atom stereocenters. The van der Waals surface area contributed by atoms with E-state index in [1.807, 2.05) is 6.07 Å². The van der Waals surface area contributed by atoms with Crippen LogP contribution in [0.2, 0.25) is 0 Å². The highest BCUT2D eigenvalue weighted by Crippen LogP contribution is 2.29. The lowest BCUT2D eigenvalue weighted by Gasteiger charge is -2.35. The number of nitrogens with one attached hydrogen (secondary N) is 2. The molecule has 0 radical (unpaired) electrons. The fourth-order valence-electron chi connectivity index (χ4n) is 4.29. The van der Waals surface area contributed by atoms with Crippen LogP contribution in [0.1, 0.15) is 24.3 Å². The summed E-state index contributed by atoms with van der Waals surface area (Å²) in [7, 11) is 0. The van der Waals surface area contributed by atoms with Gasteiger partial charge in [0.05, 0.1) is 11.6 Å². The number of halogens is 3. The Morgan fingerprint density at radius 3 is 2.31 bits per heavy atom. The highest BCUT2D eigenvalue weighted by Gasteiger charge is 2.35. The summed E-state index contributed by atoms with van der Waals surface area (Å²) in [4.78, 5) is 15.4. The van der Waals surface area contributed by atoms with Gasteiger partial charge in [-0.2, -0.15) is 0 Å². The van der Waals surface area contributed by atoms with Gasteiger partial charge >= 0.3 is 0 Å². The van der Waals surface area contributed by atoms with E-state index in [2.05, 4.69) is 86.7 Å². The van der Waals surface area contributed by atoms with Crippen molar-refractivity contribution >= 4 is 59.0 Å². The second kappa shape index (κ2) is 11.4. The van der Waals surface area contributed by atoms with Crippen molar-refractivity contribution in [3.05, 3.63) is 63.7 Å². The summed E-state index contributed by atoms with van der Waals surface area (Å²) in [5, 5.41) is 6.74. The standard InChI is InChI=1S/C22H26IN3O.2ClH/c23-20-8-4-5-9-21(20)26-12-10-17(11-13-26)25-22(27)19-15-24-14-18(19)16-6-2-1-3-7-16;;/h1-9,17-19,24H,10-15H2,(H,25,27);2*1H/t18-,19+;;/m0../s1. The minimum atomic E-state index is 0. The van der Waals surface area contributed by atoms with Crippen LogP contribution in [0, 0.1) is 9.49 Å². The van der Waals surface area contributed by atoms with Crippen molar-refractivity contribution < 1.29 is 4.79 Å². The van der Waals surface area contributed by atoms with Gasteiger partial charge in [0.25, 0.3) is 0 Å². The molecule has 2 N–H and O–H groups in total. The smallest absolute Gasteiger partial charge is 0.225 e. The molecule has 2 heterocycles. The second-order valence-electron chi connectivity index (χ2n) is 7.50. The van der Waals surface area contributed by atoms with Gasteiger partial charge in [-0.3, -0.25) is 4.79 Å². The summed E-state index contributed by atoms with van der Waals surface area (Å²) >= 11 is 2.40. The average molecular weight is 548 g/mol. The molecule has 0 bridgehead atoms. The highest BCUT2D eigenvalue weighted by atomic mass is 127. The highest BCUT2D eigenvalue weighted by molar-refractivity contribution is 14.1. The van der Waals surface area contributed by atoms with Gasteiger partial charge in [0.2, 0.25) is 5.91 Å². The molecule has 4 nitrogen and oxygen atoms in total. The quantitative estimate of drug-likeness (QED) is 0.563. The maximum atomic E-state index is 12.9. The molecule has 2 aliphatic heterocycles. The van der Waals surface area contributed by atoms with Crippen LogP contribution in [0.15, 0.2) is 54.6 Å². The van der Waals surface area contributed by atoms with Crippen molar-refractivity contribution in [1.82, 2.24) is 10.6 Å². The number of carbonyl (C=O) groups excluding carboxylic acids is 1. The second-order valence-corrected chi connectivity index (χ2v) is 8.67. The molecular formula is C22H28Cl2IN3O. The van der Waals surface area contributed by atoms with Crippen LogP contribution in [0.4, 0.5) is 5.69 Å². The Kier molecular flexibility index (Phi) is 9.53. The molecule has 0 spiro atoms. The summed E-state index contributed by atoms with van der Waals surface area (Å²) in [6, 6.07) is 19.2. The van der Waals surface area contributed by atoms with Crippen molar-refractivity contribution in [2.45, 2.75) is 24.8 Å². The number of amides is 1. The van der Waals surface area contributed by atoms with Gasteiger partial charge in [0, 0.05) is 41.7 Å². The monoisotopic (exact) mass is 547 g/mol. The van der Waals surface area contributed by atoms with E-state index >= 15 is 0 Å². The molecule has 2 fully saturated rings. The molecule has 2 saturated heterocycles. The Labute approximate surface area is 199 Å². The molecule has 2 aromatic carbocycles. The van der Waals surface area contributed by atoms with Crippen LogP contribution >= 0.6 is 47.4 Å². The molecule has 0 aliphatic carbocycles. The number of hydrogen-bond donors (Lipinski definition) is 2. The number of nitrogens with zero attached hydrogens (tertiary/aromatic N) is 1. The number of para-hydroxylation sites is 1. The third kappa shape index (κ3) is 5.78. The fourth-order valence-corrected chi connectivity index (χ4v) is 5.01. The fraction of sp³-hybridized carbons (Fsp3) is 0.409. The van der Waals surface area contributed by atoms with Crippen LogP contribution in [0.5, 0.6) is 0 Å². The van der Waals surface area contributed by atoms with Gasteiger partial charge in [-0.1, -0.05) is 42.5 Å². The Morgan fingerprint density at radius 1 is 0.966 bits per heavy atom. The SMILES string of the molecule is Cl.Cl.O=C(NC1CCN(c2ccccc2I)CC1)[C@@H]1CNC[C@H]1c1ccccc1. The third-order valence-corrected chi connectivity index (χ3v) is 6.73. The van der Waals surface area contributed by atoms with Gasteiger partial charge in [-0.25, -0.2) is 0 Å². The van der Waals surface area contributed by atoms with E-state index in [9.17, 15) is 4.79 Å². The van der Waals surface area contributed by atoms with Crippen molar-refractivity contribution in [1.29, 1.82) is 0 Å². The van der Waals surface area contributed by atoms with Crippen molar-refractivity contribution in [3.63, 3.8) is 0 Å². The first-order chi connectivity index (χ1) is 13.2. The van der Waals surface area contributed by atoms with E-state index < -0.39 is 0 Å². The normalized spacial score (nSPS) is 21.8. The number of hydrogen-bond acceptors (Lipinski definition) is 3. The maximum Gasteiger partial charge on any atom is 0.225 e. The molecule has 2 aromatic rings. The van der Waals surface area contributed by atoms with Crippen LogP contribution in [0.3, 0.4) is 0 Å². The molecule has 0 unspecified atom stereocenters. The zero-order chi connectivity index (χ0) is 18.6. The lowest BCUT2D eigenvalue weighted by molar-refractivity contribution is -0.125. The lowest BCUT2D eigenvalue weighted by atomic mass is 9.88. The van der Waals surface area contributed by atoms with Crippen molar-refractivity contribution in [2.24, 2.45) is 5.92 Å². The minimum absolute atomic E-state index is 0. The first kappa shape index (κ1) is 24.3. The molecular weight excluding hydrogens is 520 g/mol. The third-order valence-electron chi connectivity index (χ3n) is 5.81. The van der Waals surface area contributed by atoms with Crippen LogP contribution in [-0.4, -0.2) is 38.1 Å². The molecule has 2 aliphatic rings. The van der Waals surface area contributed by atoms with Gasteiger partial charge < -0.3 is 15.5 Å². The largest absolute Gasteiger partial charge is 0.371 e. The zero-order valence-electron chi connectivity index (χ0n) is 16.2. The predicted molar refractivity (Wildman–Crippen MR) is 133 cm³/mol. The molecule has 1 amide bonds. The number of piperidine rings is 1. The van der Waals surface area contributed by atoms with Crippen molar-refractivity contribution in [2.75, 3.05) is 31.1 Å².